The Labute approximate surface area is 215 Å². The van der Waals surface area contributed by atoms with E-state index in [0.29, 0.717) is 42.8 Å². The van der Waals surface area contributed by atoms with Crippen LogP contribution < -0.4 is 4.90 Å². The number of rotatable bonds is 6. The number of nitrogens with zero attached hydrogens (tertiary/aromatic N) is 5. The standard InChI is InChI=1S/C27H40ClN5O2/c1-6-11-32-14-10-24(29-32)27(35)31-16-15-30(21(4)5)12-7-13-33(26(34)17-20(2)3)25-18-23(28)9-8-22(25)19-31/h8-10,14,18,20-21H,6-7,11-13,15-17,19H2,1-5H3. The number of carbonyl (C=O) groups excluding carboxylic acids is 2. The summed E-state index contributed by atoms with van der Waals surface area (Å²) in [5.74, 6) is 0.255. The van der Waals surface area contributed by atoms with Crippen molar-refractivity contribution in [2.75, 3.05) is 31.1 Å². The molecular formula is C27H40ClN5O2. The van der Waals surface area contributed by atoms with Crippen LogP contribution in [0.2, 0.25) is 5.02 Å². The molecule has 0 unspecified atom stereocenters. The third-order valence-electron chi connectivity index (χ3n) is 6.40. The lowest BCUT2D eigenvalue weighted by molar-refractivity contribution is -0.119. The van der Waals surface area contributed by atoms with E-state index in [4.69, 9.17) is 11.6 Å². The fourth-order valence-electron chi connectivity index (χ4n) is 4.52. The molecule has 0 aliphatic carbocycles. The van der Waals surface area contributed by atoms with Crippen molar-refractivity contribution in [2.24, 2.45) is 5.92 Å². The van der Waals surface area contributed by atoms with E-state index >= 15 is 0 Å². The largest absolute Gasteiger partial charge is 0.332 e. The van der Waals surface area contributed by atoms with Crippen LogP contribution in [-0.4, -0.2) is 63.6 Å². The topological polar surface area (TPSA) is 61.7 Å². The highest BCUT2D eigenvalue weighted by atomic mass is 35.5. The van der Waals surface area contributed by atoms with Gasteiger partial charge in [0.25, 0.3) is 5.91 Å². The third-order valence-corrected chi connectivity index (χ3v) is 6.63. The third kappa shape index (κ3) is 7.31. The molecule has 0 N–H and O–H groups in total. The smallest absolute Gasteiger partial charge is 0.274 e. The Hall–Kier alpha value is -2.38. The monoisotopic (exact) mass is 501 g/mol. The van der Waals surface area contributed by atoms with Crippen LogP contribution in [0.3, 0.4) is 0 Å². The Balaban J connectivity index is 2.00. The molecule has 2 heterocycles. The molecule has 0 bridgehead atoms. The quantitative estimate of drug-likeness (QED) is 0.553. The lowest BCUT2D eigenvalue weighted by Crippen LogP contribution is -2.41. The normalized spacial score (nSPS) is 15.9. The summed E-state index contributed by atoms with van der Waals surface area (Å²) in [5.41, 5.74) is 2.17. The number of amides is 2. The minimum absolute atomic E-state index is 0.0926. The first-order valence-electron chi connectivity index (χ1n) is 12.8. The van der Waals surface area contributed by atoms with Gasteiger partial charge in [0.2, 0.25) is 5.91 Å². The number of fused-ring (bicyclic) bond motifs is 1. The van der Waals surface area contributed by atoms with Crippen molar-refractivity contribution in [3.05, 3.63) is 46.7 Å². The van der Waals surface area contributed by atoms with Crippen LogP contribution in [0.25, 0.3) is 0 Å². The van der Waals surface area contributed by atoms with Crippen molar-refractivity contribution in [3.63, 3.8) is 0 Å². The van der Waals surface area contributed by atoms with Gasteiger partial charge in [0, 0.05) is 63.0 Å². The highest BCUT2D eigenvalue weighted by Gasteiger charge is 2.26. The maximum atomic E-state index is 13.6. The zero-order valence-electron chi connectivity index (χ0n) is 21.8. The first-order valence-corrected chi connectivity index (χ1v) is 13.2. The van der Waals surface area contributed by atoms with Crippen molar-refractivity contribution in [1.29, 1.82) is 0 Å². The fourth-order valence-corrected chi connectivity index (χ4v) is 4.69. The van der Waals surface area contributed by atoms with Gasteiger partial charge >= 0.3 is 0 Å². The lowest BCUT2D eigenvalue weighted by Gasteiger charge is -2.29. The Morgan fingerprint density at radius 2 is 1.83 bits per heavy atom. The van der Waals surface area contributed by atoms with E-state index in [-0.39, 0.29) is 17.7 Å². The van der Waals surface area contributed by atoms with Crippen molar-refractivity contribution < 1.29 is 9.59 Å². The Kier molecular flexibility index (Phi) is 9.75. The maximum absolute atomic E-state index is 13.6. The van der Waals surface area contributed by atoms with Crippen molar-refractivity contribution in [2.45, 2.75) is 73.0 Å². The molecule has 1 aliphatic heterocycles. The summed E-state index contributed by atoms with van der Waals surface area (Å²) in [6.45, 7) is 14.6. The molecule has 0 radical (unpaired) electrons. The van der Waals surface area contributed by atoms with Gasteiger partial charge in [0.15, 0.2) is 0 Å². The summed E-state index contributed by atoms with van der Waals surface area (Å²) < 4.78 is 1.82. The summed E-state index contributed by atoms with van der Waals surface area (Å²) in [6.07, 6.45) is 4.14. The summed E-state index contributed by atoms with van der Waals surface area (Å²) in [7, 11) is 0. The van der Waals surface area contributed by atoms with Gasteiger partial charge in [-0.2, -0.15) is 5.10 Å². The first-order chi connectivity index (χ1) is 16.7. The molecule has 0 saturated heterocycles. The van der Waals surface area contributed by atoms with Crippen molar-refractivity contribution >= 4 is 29.1 Å². The van der Waals surface area contributed by atoms with E-state index in [9.17, 15) is 9.59 Å². The number of hydrogen-bond donors (Lipinski definition) is 0. The van der Waals surface area contributed by atoms with Gasteiger partial charge in [0.1, 0.15) is 5.69 Å². The predicted molar refractivity (Wildman–Crippen MR) is 142 cm³/mol. The number of aryl methyl sites for hydroxylation is 1. The van der Waals surface area contributed by atoms with Gasteiger partial charge in [-0.1, -0.05) is 38.4 Å². The van der Waals surface area contributed by atoms with Crippen LogP contribution in [0, 0.1) is 5.92 Å². The number of halogens is 1. The summed E-state index contributed by atoms with van der Waals surface area (Å²) in [6, 6.07) is 7.79. The van der Waals surface area contributed by atoms with Crippen LogP contribution in [0.1, 0.15) is 69.9 Å². The second-order valence-corrected chi connectivity index (χ2v) is 10.5. The van der Waals surface area contributed by atoms with Crippen molar-refractivity contribution in [3.8, 4) is 0 Å². The molecule has 35 heavy (non-hydrogen) atoms. The molecule has 2 aromatic rings. The molecule has 0 atom stereocenters. The zero-order chi connectivity index (χ0) is 25.5. The Bertz CT molecular complexity index is 1000. The molecule has 1 aromatic carbocycles. The van der Waals surface area contributed by atoms with Crippen molar-refractivity contribution in [1.82, 2.24) is 19.6 Å². The SMILES string of the molecule is CCCn1ccc(C(=O)N2CCN(C(C)C)CCCN(C(=O)CC(C)C)c3cc(Cl)ccc3C2)n1. The minimum Gasteiger partial charge on any atom is -0.332 e. The molecule has 0 spiro atoms. The van der Waals surface area contributed by atoms with Crippen LogP contribution in [-0.2, 0) is 17.9 Å². The summed E-state index contributed by atoms with van der Waals surface area (Å²) in [4.78, 5) is 33.0. The number of aromatic nitrogens is 2. The molecule has 8 heteroatoms. The highest BCUT2D eigenvalue weighted by molar-refractivity contribution is 6.31. The first kappa shape index (κ1) is 27.2. The number of hydrogen-bond acceptors (Lipinski definition) is 4. The zero-order valence-corrected chi connectivity index (χ0v) is 22.6. The van der Waals surface area contributed by atoms with E-state index in [2.05, 4.69) is 44.6 Å². The molecule has 1 aromatic heterocycles. The number of carbonyl (C=O) groups is 2. The lowest BCUT2D eigenvalue weighted by atomic mass is 10.1. The van der Waals surface area contributed by atoms with Crippen LogP contribution >= 0.6 is 11.6 Å². The molecule has 2 amide bonds. The van der Waals surface area contributed by atoms with Crippen LogP contribution in [0.4, 0.5) is 5.69 Å². The molecule has 7 nitrogen and oxygen atoms in total. The maximum Gasteiger partial charge on any atom is 0.274 e. The number of benzene rings is 1. The summed E-state index contributed by atoms with van der Waals surface area (Å²) in [5, 5.41) is 5.10. The van der Waals surface area contributed by atoms with E-state index in [1.165, 1.54) is 0 Å². The summed E-state index contributed by atoms with van der Waals surface area (Å²) >= 11 is 6.40. The van der Waals surface area contributed by atoms with Gasteiger partial charge in [0.05, 0.1) is 5.69 Å². The van der Waals surface area contributed by atoms with E-state index in [1.54, 1.807) is 6.07 Å². The van der Waals surface area contributed by atoms with E-state index in [1.807, 2.05) is 38.9 Å². The fraction of sp³-hybridized carbons (Fsp3) is 0.593. The molecule has 0 fully saturated rings. The van der Waals surface area contributed by atoms with Gasteiger partial charge in [-0.25, -0.2) is 0 Å². The molecule has 3 rings (SSSR count). The second-order valence-electron chi connectivity index (χ2n) is 10.1. The number of anilines is 1. The second kappa shape index (κ2) is 12.5. The predicted octanol–water partition coefficient (Wildman–Crippen LogP) is 5.08. The average molecular weight is 502 g/mol. The van der Waals surface area contributed by atoms with E-state index in [0.717, 1.165) is 43.7 Å². The highest BCUT2D eigenvalue weighted by Crippen LogP contribution is 2.29. The Morgan fingerprint density at radius 3 is 2.51 bits per heavy atom. The van der Waals surface area contributed by atoms with Crippen LogP contribution in [0.15, 0.2) is 30.5 Å². The molecule has 192 valence electrons. The van der Waals surface area contributed by atoms with Gasteiger partial charge in [-0.05, 0) is 56.4 Å². The van der Waals surface area contributed by atoms with Gasteiger partial charge < -0.3 is 9.80 Å². The van der Waals surface area contributed by atoms with Gasteiger partial charge in [-0.3, -0.25) is 19.2 Å². The van der Waals surface area contributed by atoms with E-state index < -0.39 is 0 Å². The minimum atomic E-state index is -0.0937. The van der Waals surface area contributed by atoms with Gasteiger partial charge in [-0.15, -0.1) is 0 Å². The molecular weight excluding hydrogens is 462 g/mol. The van der Waals surface area contributed by atoms with Crippen LogP contribution in [0.5, 0.6) is 0 Å². The molecule has 0 saturated carbocycles. The average Bonchev–Trinajstić information content (AvgIpc) is 3.24. The Morgan fingerprint density at radius 1 is 1.06 bits per heavy atom. The molecule has 1 aliphatic rings.